The van der Waals surface area contributed by atoms with E-state index >= 15 is 0 Å². The summed E-state index contributed by atoms with van der Waals surface area (Å²) in [5.41, 5.74) is 1.31. The largest absolute Gasteiger partial charge is 0.493 e. The smallest absolute Gasteiger partial charge is 0.287 e. The Morgan fingerprint density at radius 2 is 1.96 bits per heavy atom. The molecular formula is C23H25NO4. The summed E-state index contributed by atoms with van der Waals surface area (Å²) >= 11 is 0. The molecule has 5 nitrogen and oxygen atoms in total. The molecule has 0 bridgehead atoms. The average Bonchev–Trinajstić information content (AvgIpc) is 3.18. The first-order chi connectivity index (χ1) is 13.6. The number of carbonyl (C=O) groups excluding carboxylic acids is 1. The normalized spacial score (nSPS) is 17.6. The van der Waals surface area contributed by atoms with Crippen molar-refractivity contribution in [1.29, 1.82) is 0 Å². The minimum absolute atomic E-state index is 0.132. The molecule has 0 saturated heterocycles. The van der Waals surface area contributed by atoms with E-state index in [4.69, 9.17) is 13.9 Å². The third-order valence-corrected chi connectivity index (χ3v) is 5.74. The van der Waals surface area contributed by atoms with Gasteiger partial charge in [0.2, 0.25) is 0 Å². The van der Waals surface area contributed by atoms with Gasteiger partial charge in [-0.15, -0.1) is 0 Å². The van der Waals surface area contributed by atoms with Crippen molar-refractivity contribution in [2.45, 2.75) is 44.8 Å². The maximum Gasteiger partial charge on any atom is 0.287 e. The number of ether oxygens (including phenoxy) is 2. The molecular weight excluding hydrogens is 354 g/mol. The number of benzene rings is 2. The second kappa shape index (κ2) is 7.23. The third kappa shape index (κ3) is 3.11. The van der Waals surface area contributed by atoms with E-state index in [9.17, 15) is 4.79 Å². The molecule has 1 amide bonds. The van der Waals surface area contributed by atoms with Gasteiger partial charge in [-0.1, -0.05) is 44.2 Å². The molecule has 2 aromatic carbocycles. The summed E-state index contributed by atoms with van der Waals surface area (Å²) in [7, 11) is 1.59. The Labute approximate surface area is 164 Å². The first-order valence-corrected chi connectivity index (χ1v) is 9.74. The van der Waals surface area contributed by atoms with Crippen LogP contribution >= 0.6 is 0 Å². The summed E-state index contributed by atoms with van der Waals surface area (Å²) in [4.78, 5) is 13.0. The molecule has 4 rings (SSSR count). The van der Waals surface area contributed by atoms with Crippen LogP contribution in [-0.4, -0.2) is 18.6 Å². The van der Waals surface area contributed by atoms with Gasteiger partial charge < -0.3 is 19.2 Å². The molecule has 146 valence electrons. The Morgan fingerprint density at radius 1 is 1.18 bits per heavy atom. The zero-order chi connectivity index (χ0) is 19.7. The molecule has 3 aromatic rings. The van der Waals surface area contributed by atoms with Gasteiger partial charge in [-0.3, -0.25) is 4.79 Å². The van der Waals surface area contributed by atoms with Crippen LogP contribution in [0.5, 0.6) is 11.5 Å². The van der Waals surface area contributed by atoms with Crippen molar-refractivity contribution in [3.63, 3.8) is 0 Å². The number of para-hydroxylation sites is 2. The molecule has 1 N–H and O–H groups in total. The SMILES string of the molecule is CCC1(CC)CC(NC(=O)c2cc3cccc(OC)c3o2)c2ccccc2O1. The quantitative estimate of drug-likeness (QED) is 0.657. The molecule has 1 atom stereocenters. The van der Waals surface area contributed by atoms with E-state index in [1.165, 1.54) is 0 Å². The van der Waals surface area contributed by atoms with Crippen molar-refractivity contribution in [2.75, 3.05) is 7.11 Å². The van der Waals surface area contributed by atoms with Crippen LogP contribution in [0.1, 0.15) is 55.3 Å². The highest BCUT2D eigenvalue weighted by Crippen LogP contribution is 2.42. The summed E-state index contributed by atoms with van der Waals surface area (Å²) < 4.78 is 17.5. The van der Waals surface area contributed by atoms with Gasteiger partial charge >= 0.3 is 0 Å². The van der Waals surface area contributed by atoms with Crippen LogP contribution in [0.15, 0.2) is 52.9 Å². The summed E-state index contributed by atoms with van der Waals surface area (Å²) in [6, 6.07) is 15.1. The average molecular weight is 379 g/mol. The molecule has 0 spiro atoms. The van der Waals surface area contributed by atoms with Crippen molar-refractivity contribution in [1.82, 2.24) is 5.32 Å². The topological polar surface area (TPSA) is 60.7 Å². The van der Waals surface area contributed by atoms with Crippen LogP contribution in [-0.2, 0) is 0 Å². The molecule has 1 aromatic heterocycles. The maximum absolute atomic E-state index is 13.0. The minimum atomic E-state index is -0.274. The highest BCUT2D eigenvalue weighted by atomic mass is 16.5. The molecule has 1 aliphatic rings. The second-order valence-corrected chi connectivity index (χ2v) is 7.25. The first kappa shape index (κ1) is 18.4. The monoisotopic (exact) mass is 379 g/mol. The van der Waals surface area contributed by atoms with E-state index in [1.54, 1.807) is 13.2 Å². The molecule has 0 aliphatic carbocycles. The first-order valence-electron chi connectivity index (χ1n) is 9.74. The fourth-order valence-electron chi connectivity index (χ4n) is 3.97. The van der Waals surface area contributed by atoms with Crippen molar-refractivity contribution in [3.05, 3.63) is 59.9 Å². The van der Waals surface area contributed by atoms with Gasteiger partial charge in [0.1, 0.15) is 11.4 Å². The van der Waals surface area contributed by atoms with E-state index in [0.29, 0.717) is 11.3 Å². The van der Waals surface area contributed by atoms with E-state index in [-0.39, 0.29) is 23.3 Å². The number of methoxy groups -OCH3 is 1. The van der Waals surface area contributed by atoms with Crippen LogP contribution in [0.2, 0.25) is 0 Å². The molecule has 0 radical (unpaired) electrons. The number of nitrogens with one attached hydrogen (secondary N) is 1. The Hall–Kier alpha value is -2.95. The summed E-state index contributed by atoms with van der Waals surface area (Å²) in [6.45, 7) is 4.25. The fraction of sp³-hybridized carbons (Fsp3) is 0.348. The lowest BCUT2D eigenvalue weighted by Crippen LogP contribution is -2.44. The number of hydrogen-bond acceptors (Lipinski definition) is 4. The number of amides is 1. The Kier molecular flexibility index (Phi) is 4.75. The van der Waals surface area contributed by atoms with Gasteiger partial charge in [0.15, 0.2) is 17.1 Å². The summed E-state index contributed by atoms with van der Waals surface area (Å²) in [5.74, 6) is 1.50. The molecule has 0 fully saturated rings. The molecule has 1 aliphatic heterocycles. The third-order valence-electron chi connectivity index (χ3n) is 5.74. The van der Waals surface area contributed by atoms with Gasteiger partial charge in [0, 0.05) is 17.4 Å². The van der Waals surface area contributed by atoms with Crippen LogP contribution in [0, 0.1) is 0 Å². The summed E-state index contributed by atoms with van der Waals surface area (Å²) in [6.07, 6.45) is 2.49. The maximum atomic E-state index is 13.0. The van der Waals surface area contributed by atoms with Gasteiger partial charge in [-0.25, -0.2) is 0 Å². The van der Waals surface area contributed by atoms with Crippen molar-refractivity contribution >= 4 is 16.9 Å². The number of fused-ring (bicyclic) bond motifs is 2. The zero-order valence-electron chi connectivity index (χ0n) is 16.5. The standard InChI is InChI=1S/C23H25NO4/c1-4-23(5-2)14-17(16-10-6-7-11-18(16)28-23)24-22(25)20-13-15-9-8-12-19(26-3)21(15)27-20/h6-13,17H,4-5,14H2,1-3H3,(H,24,25). The van der Waals surface area contributed by atoms with Gasteiger partial charge in [0.25, 0.3) is 5.91 Å². The van der Waals surface area contributed by atoms with Crippen molar-refractivity contribution in [3.8, 4) is 11.5 Å². The van der Waals surface area contributed by atoms with Gasteiger partial charge in [0.05, 0.1) is 13.2 Å². The number of hydrogen-bond donors (Lipinski definition) is 1. The van der Waals surface area contributed by atoms with Crippen LogP contribution in [0.4, 0.5) is 0 Å². The van der Waals surface area contributed by atoms with Crippen LogP contribution in [0.25, 0.3) is 11.0 Å². The predicted octanol–water partition coefficient (Wildman–Crippen LogP) is 5.25. The van der Waals surface area contributed by atoms with E-state index in [2.05, 4.69) is 19.2 Å². The molecule has 5 heteroatoms. The number of carbonyl (C=O) groups is 1. The molecule has 0 saturated carbocycles. The number of furan rings is 1. The van der Waals surface area contributed by atoms with E-state index in [0.717, 1.165) is 36.0 Å². The Balaban J connectivity index is 1.65. The van der Waals surface area contributed by atoms with E-state index < -0.39 is 0 Å². The fourth-order valence-corrected chi connectivity index (χ4v) is 3.97. The number of rotatable bonds is 5. The minimum Gasteiger partial charge on any atom is -0.493 e. The van der Waals surface area contributed by atoms with E-state index in [1.807, 2.05) is 42.5 Å². The highest BCUT2D eigenvalue weighted by Gasteiger charge is 2.39. The van der Waals surface area contributed by atoms with Crippen LogP contribution in [0.3, 0.4) is 0 Å². The van der Waals surface area contributed by atoms with Crippen molar-refractivity contribution < 1.29 is 18.7 Å². The van der Waals surface area contributed by atoms with Gasteiger partial charge in [-0.05, 0) is 31.0 Å². The Bertz CT molecular complexity index is 1000. The van der Waals surface area contributed by atoms with Crippen molar-refractivity contribution in [2.24, 2.45) is 0 Å². The summed E-state index contributed by atoms with van der Waals surface area (Å²) in [5, 5.41) is 4.00. The highest BCUT2D eigenvalue weighted by molar-refractivity contribution is 5.97. The molecule has 1 unspecified atom stereocenters. The molecule has 28 heavy (non-hydrogen) atoms. The lowest BCUT2D eigenvalue weighted by molar-refractivity contribution is 0.0225. The Morgan fingerprint density at radius 3 is 2.71 bits per heavy atom. The molecule has 2 heterocycles. The second-order valence-electron chi connectivity index (χ2n) is 7.25. The van der Waals surface area contributed by atoms with Gasteiger partial charge in [-0.2, -0.15) is 0 Å². The zero-order valence-corrected chi connectivity index (χ0v) is 16.5. The lowest BCUT2D eigenvalue weighted by atomic mass is 9.83. The van der Waals surface area contributed by atoms with Crippen LogP contribution < -0.4 is 14.8 Å². The predicted molar refractivity (Wildman–Crippen MR) is 108 cm³/mol. The lowest BCUT2D eigenvalue weighted by Gasteiger charge is -2.41.